The molecule has 3 unspecified atom stereocenters. The van der Waals surface area contributed by atoms with E-state index >= 15 is 0 Å². The van der Waals surface area contributed by atoms with Crippen LogP contribution in [0.1, 0.15) is 34.1 Å². The van der Waals surface area contributed by atoms with Gasteiger partial charge in [-0.1, -0.05) is 27.7 Å². The molecular formula is C13H28N2. The van der Waals surface area contributed by atoms with Crippen molar-refractivity contribution in [2.24, 2.45) is 29.4 Å². The van der Waals surface area contributed by atoms with Crippen molar-refractivity contribution < 1.29 is 0 Å². The van der Waals surface area contributed by atoms with Crippen LogP contribution in [0.4, 0.5) is 0 Å². The number of nitrogens with zero attached hydrogens (tertiary/aromatic N) is 1. The van der Waals surface area contributed by atoms with Crippen molar-refractivity contribution in [3.63, 3.8) is 0 Å². The van der Waals surface area contributed by atoms with Crippen molar-refractivity contribution in [2.45, 2.75) is 34.1 Å². The molecule has 1 heterocycles. The zero-order valence-corrected chi connectivity index (χ0v) is 10.9. The van der Waals surface area contributed by atoms with Crippen LogP contribution in [0.3, 0.4) is 0 Å². The van der Waals surface area contributed by atoms with Crippen molar-refractivity contribution in [2.75, 3.05) is 26.2 Å². The fraction of sp³-hybridized carbons (Fsp3) is 1.00. The Morgan fingerprint density at radius 1 is 1.20 bits per heavy atom. The van der Waals surface area contributed by atoms with Crippen LogP contribution in [0.15, 0.2) is 0 Å². The highest BCUT2D eigenvalue weighted by molar-refractivity contribution is 4.80. The van der Waals surface area contributed by atoms with E-state index in [0.29, 0.717) is 5.92 Å². The van der Waals surface area contributed by atoms with Crippen LogP contribution in [0.2, 0.25) is 0 Å². The maximum atomic E-state index is 5.84. The molecule has 0 amide bonds. The molecule has 0 aromatic rings. The molecule has 0 aromatic carbocycles. The van der Waals surface area contributed by atoms with E-state index < -0.39 is 0 Å². The molecule has 1 aliphatic heterocycles. The number of likely N-dealkylation sites (tertiary alicyclic amines) is 1. The molecule has 2 N–H and O–H groups in total. The maximum Gasteiger partial charge on any atom is 0.00220 e. The van der Waals surface area contributed by atoms with E-state index in [2.05, 4.69) is 32.6 Å². The smallest absolute Gasteiger partial charge is 0.00220 e. The van der Waals surface area contributed by atoms with Gasteiger partial charge in [-0.15, -0.1) is 0 Å². The Morgan fingerprint density at radius 2 is 1.73 bits per heavy atom. The lowest BCUT2D eigenvalue weighted by molar-refractivity contribution is 0.248. The van der Waals surface area contributed by atoms with Gasteiger partial charge in [0.05, 0.1) is 0 Å². The van der Waals surface area contributed by atoms with Crippen molar-refractivity contribution in [3.8, 4) is 0 Å². The van der Waals surface area contributed by atoms with Crippen LogP contribution in [0, 0.1) is 23.7 Å². The predicted octanol–water partition coefficient (Wildman–Crippen LogP) is 2.20. The van der Waals surface area contributed by atoms with Gasteiger partial charge in [0.15, 0.2) is 0 Å². The number of hydrogen-bond acceptors (Lipinski definition) is 2. The monoisotopic (exact) mass is 212 g/mol. The first-order valence-corrected chi connectivity index (χ1v) is 6.45. The Labute approximate surface area is 95.2 Å². The Hall–Kier alpha value is -0.0800. The molecule has 0 radical (unpaired) electrons. The summed E-state index contributed by atoms with van der Waals surface area (Å²) in [6, 6.07) is 0. The van der Waals surface area contributed by atoms with Crippen LogP contribution in [0.5, 0.6) is 0 Å². The summed E-state index contributed by atoms with van der Waals surface area (Å²) in [4.78, 5) is 2.61. The number of rotatable bonds is 5. The molecule has 2 heteroatoms. The molecule has 0 bridgehead atoms. The summed E-state index contributed by atoms with van der Waals surface area (Å²) >= 11 is 0. The Bertz CT molecular complexity index is 167. The second kappa shape index (κ2) is 5.86. The minimum absolute atomic E-state index is 0.697. The summed E-state index contributed by atoms with van der Waals surface area (Å²) < 4.78 is 0. The first-order chi connectivity index (χ1) is 7.02. The SMILES string of the molecule is CC(C)CC(CN)CN1CC(C)C(C)C1. The summed E-state index contributed by atoms with van der Waals surface area (Å²) in [5.41, 5.74) is 5.84. The van der Waals surface area contributed by atoms with Gasteiger partial charge in [-0.05, 0) is 36.6 Å². The first kappa shape index (κ1) is 13.0. The van der Waals surface area contributed by atoms with E-state index in [4.69, 9.17) is 5.73 Å². The van der Waals surface area contributed by atoms with Crippen LogP contribution in [-0.4, -0.2) is 31.1 Å². The molecular weight excluding hydrogens is 184 g/mol. The minimum Gasteiger partial charge on any atom is -0.330 e. The van der Waals surface area contributed by atoms with Crippen molar-refractivity contribution in [1.29, 1.82) is 0 Å². The molecule has 3 atom stereocenters. The first-order valence-electron chi connectivity index (χ1n) is 6.45. The number of nitrogens with two attached hydrogens (primary N) is 1. The zero-order valence-electron chi connectivity index (χ0n) is 10.9. The van der Waals surface area contributed by atoms with E-state index in [0.717, 1.165) is 24.3 Å². The third-order valence-electron chi connectivity index (χ3n) is 3.72. The van der Waals surface area contributed by atoms with E-state index in [1.54, 1.807) is 0 Å². The molecule has 1 rings (SSSR count). The van der Waals surface area contributed by atoms with Gasteiger partial charge in [0, 0.05) is 19.6 Å². The molecule has 0 saturated carbocycles. The Balaban J connectivity index is 2.33. The average molecular weight is 212 g/mol. The summed E-state index contributed by atoms with van der Waals surface area (Å²) in [5.74, 6) is 3.20. The molecule has 0 aromatic heterocycles. The highest BCUT2D eigenvalue weighted by Gasteiger charge is 2.27. The molecule has 0 spiro atoms. The average Bonchev–Trinajstić information content (AvgIpc) is 2.44. The lowest BCUT2D eigenvalue weighted by Gasteiger charge is -2.24. The Kier molecular flexibility index (Phi) is 5.07. The summed E-state index contributed by atoms with van der Waals surface area (Å²) in [6.07, 6.45) is 1.27. The van der Waals surface area contributed by atoms with Crippen molar-refractivity contribution >= 4 is 0 Å². The van der Waals surface area contributed by atoms with Crippen LogP contribution in [-0.2, 0) is 0 Å². The molecule has 2 nitrogen and oxygen atoms in total. The van der Waals surface area contributed by atoms with Crippen LogP contribution < -0.4 is 5.73 Å². The minimum atomic E-state index is 0.697. The molecule has 1 saturated heterocycles. The van der Waals surface area contributed by atoms with Gasteiger partial charge < -0.3 is 10.6 Å². The topological polar surface area (TPSA) is 29.3 Å². The molecule has 0 aliphatic carbocycles. The van der Waals surface area contributed by atoms with Gasteiger partial charge in [-0.3, -0.25) is 0 Å². The lowest BCUT2D eigenvalue weighted by Crippen LogP contribution is -2.32. The fourth-order valence-corrected chi connectivity index (χ4v) is 2.68. The van der Waals surface area contributed by atoms with Crippen LogP contribution >= 0.6 is 0 Å². The van der Waals surface area contributed by atoms with Crippen molar-refractivity contribution in [1.82, 2.24) is 4.90 Å². The maximum absolute atomic E-state index is 5.84. The van der Waals surface area contributed by atoms with Gasteiger partial charge in [-0.2, -0.15) is 0 Å². The molecule has 1 fully saturated rings. The summed E-state index contributed by atoms with van der Waals surface area (Å²) in [6.45, 7) is 13.9. The van der Waals surface area contributed by atoms with E-state index in [9.17, 15) is 0 Å². The predicted molar refractivity (Wildman–Crippen MR) is 66.8 cm³/mol. The highest BCUT2D eigenvalue weighted by Crippen LogP contribution is 2.23. The van der Waals surface area contributed by atoms with Gasteiger partial charge in [0.25, 0.3) is 0 Å². The molecule has 1 aliphatic rings. The zero-order chi connectivity index (χ0) is 11.4. The standard InChI is InChI=1S/C13H28N2/c1-10(2)5-13(6-14)9-15-7-11(3)12(4)8-15/h10-13H,5-9,14H2,1-4H3. The van der Waals surface area contributed by atoms with Gasteiger partial charge in [0.2, 0.25) is 0 Å². The second-order valence-electron chi connectivity index (χ2n) is 5.90. The van der Waals surface area contributed by atoms with E-state index in [1.165, 1.54) is 26.1 Å². The van der Waals surface area contributed by atoms with Gasteiger partial charge in [-0.25, -0.2) is 0 Å². The number of hydrogen-bond donors (Lipinski definition) is 1. The molecule has 15 heavy (non-hydrogen) atoms. The van der Waals surface area contributed by atoms with Gasteiger partial charge >= 0.3 is 0 Å². The van der Waals surface area contributed by atoms with E-state index in [-0.39, 0.29) is 0 Å². The highest BCUT2D eigenvalue weighted by atomic mass is 15.2. The van der Waals surface area contributed by atoms with Gasteiger partial charge in [0.1, 0.15) is 0 Å². The quantitative estimate of drug-likeness (QED) is 0.757. The third kappa shape index (κ3) is 4.12. The summed E-state index contributed by atoms with van der Waals surface area (Å²) in [7, 11) is 0. The Morgan fingerprint density at radius 3 is 2.13 bits per heavy atom. The van der Waals surface area contributed by atoms with E-state index in [1.807, 2.05) is 0 Å². The normalized spacial score (nSPS) is 30.0. The van der Waals surface area contributed by atoms with Crippen molar-refractivity contribution in [3.05, 3.63) is 0 Å². The largest absolute Gasteiger partial charge is 0.330 e. The summed E-state index contributed by atoms with van der Waals surface area (Å²) in [5, 5.41) is 0. The third-order valence-corrected chi connectivity index (χ3v) is 3.72. The second-order valence-corrected chi connectivity index (χ2v) is 5.90. The molecule has 90 valence electrons. The fourth-order valence-electron chi connectivity index (χ4n) is 2.68. The van der Waals surface area contributed by atoms with Crippen LogP contribution in [0.25, 0.3) is 0 Å². The lowest BCUT2D eigenvalue weighted by atomic mass is 9.97.